The number of nitrogens with zero attached hydrogens (tertiary/aromatic N) is 4. The molecule has 3 aromatic rings. The molecule has 2 amide bonds. The minimum absolute atomic E-state index is 0. The van der Waals surface area contributed by atoms with Gasteiger partial charge in [-0.3, -0.25) is 14.5 Å². The van der Waals surface area contributed by atoms with Gasteiger partial charge in [0, 0.05) is 29.0 Å². The van der Waals surface area contributed by atoms with Crippen molar-refractivity contribution >= 4 is 74.6 Å². The number of fused-ring (bicyclic) bond motifs is 2. The number of carbonyl (C=O) groups excluding carboxylic acids is 3. The summed E-state index contributed by atoms with van der Waals surface area (Å²) in [6.07, 6.45) is 0. The molecule has 2 aliphatic heterocycles. The minimum atomic E-state index is -1.53. The number of thioether (sulfide) groups is 2. The van der Waals surface area contributed by atoms with Crippen LogP contribution < -0.4 is 45.7 Å². The van der Waals surface area contributed by atoms with E-state index in [0.29, 0.717) is 11.1 Å². The molecule has 198 valence electrons. The Balaban J connectivity index is 0.00000353. The van der Waals surface area contributed by atoms with E-state index in [0.717, 1.165) is 28.0 Å². The molecule has 14 nitrogen and oxygen atoms in total. The third-order valence-corrected chi connectivity index (χ3v) is 8.45. The average Bonchev–Trinajstić information content (AvgIpc) is 3.49. The molecular formula is C21H17N6NaO8S3. The number of phenolic OH excluding ortho intramolecular Hbond substituents is 2. The minimum Gasteiger partial charge on any atom is -0.543 e. The van der Waals surface area contributed by atoms with Gasteiger partial charge in [0.15, 0.2) is 27.9 Å². The molecule has 0 saturated carbocycles. The first-order valence-electron chi connectivity index (χ1n) is 10.6. The van der Waals surface area contributed by atoms with Gasteiger partial charge < -0.3 is 40.4 Å². The maximum absolute atomic E-state index is 13.0. The first-order chi connectivity index (χ1) is 18.2. The number of aliphatic carboxylic acids is 1. The predicted molar refractivity (Wildman–Crippen MR) is 135 cm³/mol. The summed E-state index contributed by atoms with van der Waals surface area (Å²) in [4.78, 5) is 51.8. The number of carboxylic acids is 1. The number of phenols is 2. The van der Waals surface area contributed by atoms with Gasteiger partial charge in [0.2, 0.25) is 0 Å². The molecule has 1 saturated heterocycles. The number of benzene rings is 1. The van der Waals surface area contributed by atoms with Crippen LogP contribution in [-0.2, 0) is 19.2 Å². The van der Waals surface area contributed by atoms with Crippen LogP contribution >= 0.6 is 34.9 Å². The second-order valence-electron chi connectivity index (χ2n) is 7.87. The molecule has 1 fully saturated rings. The number of oxime groups is 1. The molecule has 1 aromatic carbocycles. The number of hydrogen-bond donors (Lipinski definition) is 4. The molecule has 2 atom stereocenters. The van der Waals surface area contributed by atoms with Gasteiger partial charge in [0.1, 0.15) is 29.7 Å². The monoisotopic (exact) mass is 600 g/mol. The van der Waals surface area contributed by atoms with Crippen molar-refractivity contribution in [3.05, 3.63) is 34.5 Å². The van der Waals surface area contributed by atoms with E-state index in [9.17, 15) is 29.7 Å². The Bertz CT molecular complexity index is 1500. The summed E-state index contributed by atoms with van der Waals surface area (Å²) in [5.74, 6) is -3.25. The number of thiazole rings is 1. The van der Waals surface area contributed by atoms with E-state index >= 15 is 0 Å². The van der Waals surface area contributed by atoms with Gasteiger partial charge in [-0.25, -0.2) is 9.97 Å². The van der Waals surface area contributed by atoms with Crippen LogP contribution in [0.3, 0.4) is 0 Å². The normalized spacial score (nSPS) is 18.8. The number of β-lactam (4-membered cyclic amide) rings is 1. The number of carboxylic acid groups (broad SMARTS) is 1. The van der Waals surface area contributed by atoms with E-state index in [1.807, 2.05) is 0 Å². The van der Waals surface area contributed by atoms with Gasteiger partial charge in [-0.1, -0.05) is 16.9 Å². The number of aromatic nitrogens is 2. The van der Waals surface area contributed by atoms with Gasteiger partial charge in [-0.05, 0) is 5.57 Å². The quantitative estimate of drug-likeness (QED) is 0.0502. The van der Waals surface area contributed by atoms with Gasteiger partial charge >= 0.3 is 29.6 Å². The SMILES string of the molecule is CON=C(C(=O)N[C@@H]1C(=O)N2C(C(=O)[O-])=C(CSc3nc4cc(O)c(O)cc4o3)CS[C@H]12)c1csc(N)n1.[Na+]. The molecule has 4 heterocycles. The number of anilines is 1. The number of nitrogens with one attached hydrogen (secondary N) is 1. The maximum Gasteiger partial charge on any atom is 1.00 e. The van der Waals surface area contributed by atoms with Crippen molar-refractivity contribution in [3.8, 4) is 11.5 Å². The van der Waals surface area contributed by atoms with Gasteiger partial charge in [-0.2, -0.15) is 0 Å². The fourth-order valence-electron chi connectivity index (χ4n) is 3.83. The van der Waals surface area contributed by atoms with Gasteiger partial charge in [0.25, 0.3) is 17.0 Å². The van der Waals surface area contributed by atoms with Crippen molar-refractivity contribution in [2.45, 2.75) is 16.6 Å². The van der Waals surface area contributed by atoms with E-state index in [-0.39, 0.29) is 85.6 Å². The molecular weight excluding hydrogens is 583 g/mol. The number of amides is 2. The number of oxazole rings is 1. The van der Waals surface area contributed by atoms with Crippen LogP contribution in [0.2, 0.25) is 0 Å². The maximum atomic E-state index is 13.0. The number of nitrogens with two attached hydrogens (primary N) is 1. The van der Waals surface area contributed by atoms with Crippen LogP contribution in [-0.4, -0.2) is 78.6 Å². The average molecular weight is 601 g/mol. The van der Waals surface area contributed by atoms with E-state index in [4.69, 9.17) is 15.0 Å². The summed E-state index contributed by atoms with van der Waals surface area (Å²) < 4.78 is 5.54. The van der Waals surface area contributed by atoms with Gasteiger partial charge in [-0.15, -0.1) is 23.1 Å². The Morgan fingerprint density at radius 2 is 2.10 bits per heavy atom. The zero-order valence-corrected chi connectivity index (χ0v) is 24.7. The van der Waals surface area contributed by atoms with E-state index < -0.39 is 29.2 Å². The Labute approximate surface area is 253 Å². The Kier molecular flexibility index (Phi) is 8.67. The van der Waals surface area contributed by atoms with Gasteiger partial charge in [0.05, 0.1) is 11.7 Å². The second-order valence-corrected chi connectivity index (χ2v) is 10.8. The fourth-order valence-corrected chi connectivity index (χ4v) is 6.70. The molecule has 0 unspecified atom stereocenters. The predicted octanol–water partition coefficient (Wildman–Crippen LogP) is -3.17. The zero-order chi connectivity index (χ0) is 27.1. The fraction of sp³-hybridized carbons (Fsp3) is 0.238. The van der Waals surface area contributed by atoms with Crippen LogP contribution in [0.1, 0.15) is 5.69 Å². The molecule has 5 rings (SSSR count). The molecule has 5 N–H and O–H groups in total. The van der Waals surface area contributed by atoms with Crippen molar-refractivity contribution in [3.63, 3.8) is 0 Å². The Morgan fingerprint density at radius 1 is 1.36 bits per heavy atom. The summed E-state index contributed by atoms with van der Waals surface area (Å²) in [5, 5.41) is 38.8. The van der Waals surface area contributed by atoms with Crippen LogP contribution in [0.4, 0.5) is 5.13 Å². The molecule has 39 heavy (non-hydrogen) atoms. The molecule has 0 spiro atoms. The Morgan fingerprint density at radius 3 is 2.77 bits per heavy atom. The number of hydrogen-bond acceptors (Lipinski definition) is 15. The van der Waals surface area contributed by atoms with Crippen molar-refractivity contribution in [1.82, 2.24) is 20.2 Å². The summed E-state index contributed by atoms with van der Waals surface area (Å²) >= 11 is 3.45. The first kappa shape index (κ1) is 29.0. The van der Waals surface area contributed by atoms with E-state index in [1.165, 1.54) is 36.4 Å². The summed E-state index contributed by atoms with van der Waals surface area (Å²) in [7, 11) is 1.25. The largest absolute Gasteiger partial charge is 1.00 e. The topological polar surface area (TPSA) is 217 Å². The van der Waals surface area contributed by atoms with Crippen molar-refractivity contribution in [1.29, 1.82) is 0 Å². The molecule has 2 aliphatic rings. The second kappa shape index (κ2) is 11.6. The molecule has 0 bridgehead atoms. The molecule has 18 heteroatoms. The van der Waals surface area contributed by atoms with Crippen LogP contribution in [0, 0.1) is 0 Å². The number of aromatic hydroxyl groups is 2. The molecule has 2 aromatic heterocycles. The third-order valence-electron chi connectivity index (χ3n) is 5.52. The summed E-state index contributed by atoms with van der Waals surface area (Å²) in [6, 6.07) is 1.45. The first-order valence-corrected chi connectivity index (χ1v) is 13.6. The summed E-state index contributed by atoms with van der Waals surface area (Å²) in [5.41, 5.74) is 6.30. The van der Waals surface area contributed by atoms with Crippen molar-refractivity contribution in [2.75, 3.05) is 24.3 Å². The van der Waals surface area contributed by atoms with Crippen molar-refractivity contribution < 1.29 is 68.5 Å². The van der Waals surface area contributed by atoms with Crippen LogP contribution in [0.25, 0.3) is 11.1 Å². The van der Waals surface area contributed by atoms with E-state index in [1.54, 1.807) is 0 Å². The van der Waals surface area contributed by atoms with E-state index in [2.05, 4.69) is 20.4 Å². The molecule has 0 aliphatic carbocycles. The number of nitrogen functional groups attached to an aromatic ring is 1. The van der Waals surface area contributed by atoms with Crippen LogP contribution in [0.5, 0.6) is 11.5 Å². The summed E-state index contributed by atoms with van der Waals surface area (Å²) in [6.45, 7) is 0. The molecule has 0 radical (unpaired) electrons. The zero-order valence-electron chi connectivity index (χ0n) is 20.2. The van der Waals surface area contributed by atoms with Crippen molar-refractivity contribution in [2.24, 2.45) is 5.16 Å². The van der Waals surface area contributed by atoms with Crippen LogP contribution in [0.15, 0.2) is 43.6 Å². The Hall–Kier alpha value is -2.96. The number of carbonyl (C=O) groups is 3. The third kappa shape index (κ3) is 5.55. The smallest absolute Gasteiger partial charge is 0.543 e. The number of rotatable bonds is 8. The standard InChI is InChI=1S/C21H18N6O8S3.Na/c1-34-26-13(9-6-37-20(22)23-9)16(30)25-14-17(31)27-15(19(32)33)7(4-36-18(14)27)5-38-21-24-8-2-10(28)11(29)3-12(8)35-21;/h2-3,6,14,18,28-29H,4-5H2,1H3,(H2,22,23)(H,25,30)(H,32,33);/q;+1/p-1/t14-,18-;/m1./s1.